The lowest BCUT2D eigenvalue weighted by atomic mass is 9.93. The molecule has 1 unspecified atom stereocenters. The second-order valence-electron chi connectivity index (χ2n) is 7.46. The summed E-state index contributed by atoms with van der Waals surface area (Å²) in [4.78, 5) is 31.9. The number of ketones is 1. The van der Waals surface area contributed by atoms with Crippen LogP contribution in [0, 0.1) is 6.92 Å². The van der Waals surface area contributed by atoms with Crippen molar-refractivity contribution in [2.45, 2.75) is 25.8 Å². The topological polar surface area (TPSA) is 70.5 Å². The predicted octanol–water partition coefficient (Wildman–Crippen LogP) is 5.15. The molecule has 4 rings (SSSR count). The van der Waals surface area contributed by atoms with Gasteiger partial charge in [0.2, 0.25) is 0 Å². The molecule has 0 radical (unpaired) electrons. The van der Waals surface area contributed by atoms with Crippen LogP contribution in [0.1, 0.15) is 29.2 Å². The first-order chi connectivity index (χ1) is 15.0. The van der Waals surface area contributed by atoms with E-state index in [0.717, 1.165) is 11.1 Å². The molecule has 1 aliphatic rings. The number of aliphatic hydroxyl groups excluding tert-OH is 1. The summed E-state index contributed by atoms with van der Waals surface area (Å²) in [5.74, 6) is -1.40. The van der Waals surface area contributed by atoms with Crippen LogP contribution in [0.5, 0.6) is 0 Å². The number of amides is 1. The number of carbonyl (C=O) groups excluding carboxylic acids is 2. The van der Waals surface area contributed by atoms with Gasteiger partial charge in [-0.15, -0.1) is 0 Å². The van der Waals surface area contributed by atoms with E-state index in [0.29, 0.717) is 22.7 Å². The molecule has 0 saturated heterocycles. The average molecular weight is 433 g/mol. The maximum Gasteiger partial charge on any atom is 0.294 e. The van der Waals surface area contributed by atoms with Gasteiger partial charge >= 0.3 is 0 Å². The number of pyridine rings is 1. The van der Waals surface area contributed by atoms with Crippen LogP contribution in [0.15, 0.2) is 84.4 Å². The van der Waals surface area contributed by atoms with E-state index in [2.05, 4.69) is 4.98 Å². The fourth-order valence-electron chi connectivity index (χ4n) is 3.88. The van der Waals surface area contributed by atoms with Gasteiger partial charge in [-0.2, -0.15) is 0 Å². The summed E-state index contributed by atoms with van der Waals surface area (Å²) in [6, 6.07) is 17.6. The number of aryl methyl sites for hydroxylation is 2. The number of Topliss-reactive ketones (excluding diaryl/α,β-unsaturated/α-hetero) is 1. The van der Waals surface area contributed by atoms with E-state index in [-0.39, 0.29) is 17.8 Å². The molecule has 1 atom stereocenters. The smallest absolute Gasteiger partial charge is 0.294 e. The Labute approximate surface area is 185 Å². The summed E-state index contributed by atoms with van der Waals surface area (Å²) in [6.07, 6.45) is 3.90. The van der Waals surface area contributed by atoms with Crippen LogP contribution in [0.3, 0.4) is 0 Å². The van der Waals surface area contributed by atoms with Gasteiger partial charge < -0.3 is 5.11 Å². The first-order valence-corrected chi connectivity index (χ1v) is 10.3. The first-order valence-electron chi connectivity index (χ1n) is 9.97. The fraction of sp³-hybridized carbons (Fsp3) is 0.160. The summed E-state index contributed by atoms with van der Waals surface area (Å²) in [5, 5.41) is 11.2. The zero-order valence-corrected chi connectivity index (χ0v) is 17.7. The van der Waals surface area contributed by atoms with Gasteiger partial charge in [0.15, 0.2) is 11.5 Å². The molecule has 156 valence electrons. The Hall–Kier alpha value is -3.44. The summed E-state index contributed by atoms with van der Waals surface area (Å²) in [6.45, 7) is 1.86. The number of rotatable bonds is 6. The number of benzene rings is 2. The Morgan fingerprint density at radius 1 is 1.10 bits per heavy atom. The lowest BCUT2D eigenvalue weighted by Crippen LogP contribution is -2.31. The van der Waals surface area contributed by atoms with E-state index in [9.17, 15) is 14.7 Å². The maximum atomic E-state index is 13.2. The van der Waals surface area contributed by atoms with E-state index >= 15 is 0 Å². The molecule has 1 N–H and O–H groups in total. The third-order valence-electron chi connectivity index (χ3n) is 5.44. The SMILES string of the molecule is Cc1ccc(Cl)cc1N1C(=O)C(O)=C(C(=O)CCc2ccccc2)C1c1ccncc1. The summed E-state index contributed by atoms with van der Waals surface area (Å²) in [5.41, 5.74) is 3.17. The summed E-state index contributed by atoms with van der Waals surface area (Å²) in [7, 11) is 0. The number of aromatic nitrogens is 1. The molecular weight excluding hydrogens is 412 g/mol. The monoisotopic (exact) mass is 432 g/mol. The number of hydrogen-bond donors (Lipinski definition) is 1. The molecule has 0 bridgehead atoms. The highest BCUT2D eigenvalue weighted by atomic mass is 35.5. The number of aliphatic hydroxyl groups is 1. The van der Waals surface area contributed by atoms with Crippen molar-refractivity contribution in [1.82, 2.24) is 4.98 Å². The molecule has 3 aromatic rings. The largest absolute Gasteiger partial charge is 0.503 e. The first kappa shape index (κ1) is 20.8. The molecule has 6 heteroatoms. The second-order valence-corrected chi connectivity index (χ2v) is 7.90. The Bertz CT molecular complexity index is 1160. The minimum absolute atomic E-state index is 0.103. The maximum absolute atomic E-state index is 13.2. The minimum atomic E-state index is -0.754. The van der Waals surface area contributed by atoms with Crippen molar-refractivity contribution in [3.63, 3.8) is 0 Å². The van der Waals surface area contributed by atoms with Gasteiger partial charge in [0.25, 0.3) is 5.91 Å². The van der Waals surface area contributed by atoms with Crippen LogP contribution in [0.4, 0.5) is 5.69 Å². The van der Waals surface area contributed by atoms with E-state index in [1.54, 1.807) is 42.7 Å². The molecule has 0 spiro atoms. The van der Waals surface area contributed by atoms with Gasteiger partial charge in [-0.05, 0) is 54.3 Å². The van der Waals surface area contributed by atoms with Crippen molar-refractivity contribution in [2.75, 3.05) is 4.90 Å². The molecule has 31 heavy (non-hydrogen) atoms. The fourth-order valence-corrected chi connectivity index (χ4v) is 4.05. The minimum Gasteiger partial charge on any atom is -0.503 e. The quantitative estimate of drug-likeness (QED) is 0.585. The normalized spacial score (nSPS) is 16.1. The van der Waals surface area contributed by atoms with Crippen LogP contribution in [-0.4, -0.2) is 21.8 Å². The lowest BCUT2D eigenvalue weighted by molar-refractivity contribution is -0.118. The number of carbonyl (C=O) groups is 2. The molecule has 1 amide bonds. The van der Waals surface area contributed by atoms with Gasteiger partial charge in [-0.3, -0.25) is 19.5 Å². The van der Waals surface area contributed by atoms with Crippen molar-refractivity contribution in [2.24, 2.45) is 0 Å². The third-order valence-corrected chi connectivity index (χ3v) is 5.68. The number of halogens is 1. The van der Waals surface area contributed by atoms with Crippen LogP contribution < -0.4 is 4.90 Å². The van der Waals surface area contributed by atoms with E-state index < -0.39 is 17.7 Å². The molecule has 0 aliphatic carbocycles. The molecule has 1 aromatic heterocycles. The molecule has 5 nitrogen and oxygen atoms in total. The highest BCUT2D eigenvalue weighted by molar-refractivity contribution is 6.31. The Morgan fingerprint density at radius 2 is 1.81 bits per heavy atom. The van der Waals surface area contributed by atoms with Crippen molar-refractivity contribution in [3.05, 3.63) is 106 Å². The molecule has 0 saturated carbocycles. The Morgan fingerprint density at radius 3 is 2.52 bits per heavy atom. The lowest BCUT2D eigenvalue weighted by Gasteiger charge is -2.28. The Kier molecular flexibility index (Phi) is 5.87. The van der Waals surface area contributed by atoms with E-state index in [1.165, 1.54) is 4.90 Å². The van der Waals surface area contributed by atoms with Gasteiger partial charge in [0.05, 0.1) is 11.6 Å². The van der Waals surface area contributed by atoms with Crippen molar-refractivity contribution in [1.29, 1.82) is 0 Å². The molecule has 0 fully saturated rings. The summed E-state index contributed by atoms with van der Waals surface area (Å²) >= 11 is 6.20. The van der Waals surface area contributed by atoms with Gasteiger partial charge in [0.1, 0.15) is 0 Å². The van der Waals surface area contributed by atoms with E-state index in [4.69, 9.17) is 11.6 Å². The average Bonchev–Trinajstić information content (AvgIpc) is 3.06. The van der Waals surface area contributed by atoms with Gasteiger partial charge in [-0.1, -0.05) is 48.0 Å². The predicted molar refractivity (Wildman–Crippen MR) is 120 cm³/mol. The van der Waals surface area contributed by atoms with Crippen LogP contribution in [0.25, 0.3) is 0 Å². The van der Waals surface area contributed by atoms with Gasteiger partial charge in [-0.25, -0.2) is 0 Å². The molecule has 2 heterocycles. The van der Waals surface area contributed by atoms with E-state index in [1.807, 2.05) is 37.3 Å². The third kappa shape index (κ3) is 4.09. The second kappa shape index (κ2) is 8.74. The molecular formula is C25H21ClN2O3. The zero-order chi connectivity index (χ0) is 22.0. The number of nitrogens with zero attached hydrogens (tertiary/aromatic N) is 2. The molecule has 2 aromatic carbocycles. The highest BCUT2D eigenvalue weighted by Crippen LogP contribution is 2.42. The van der Waals surface area contributed by atoms with Crippen molar-refractivity contribution < 1.29 is 14.7 Å². The van der Waals surface area contributed by atoms with Crippen molar-refractivity contribution in [3.8, 4) is 0 Å². The molecule has 1 aliphatic heterocycles. The van der Waals surface area contributed by atoms with Crippen LogP contribution in [0.2, 0.25) is 5.02 Å². The zero-order valence-electron chi connectivity index (χ0n) is 17.0. The standard InChI is InChI=1S/C25H21ClN2O3/c1-16-7-9-19(26)15-20(16)28-23(18-11-13-27-14-12-18)22(24(30)25(28)31)21(29)10-8-17-5-3-2-4-6-17/h2-7,9,11-15,23,30H,8,10H2,1H3. The number of hydrogen-bond acceptors (Lipinski definition) is 4. The number of anilines is 1. The highest BCUT2D eigenvalue weighted by Gasteiger charge is 2.44. The van der Waals surface area contributed by atoms with Gasteiger partial charge in [0, 0.05) is 29.5 Å². The van der Waals surface area contributed by atoms with Crippen LogP contribution >= 0.6 is 11.6 Å². The van der Waals surface area contributed by atoms with Crippen molar-refractivity contribution >= 4 is 29.0 Å². The Balaban J connectivity index is 1.75. The summed E-state index contributed by atoms with van der Waals surface area (Å²) < 4.78 is 0. The van der Waals surface area contributed by atoms with Crippen LogP contribution in [-0.2, 0) is 16.0 Å².